The van der Waals surface area contributed by atoms with Crippen molar-refractivity contribution in [3.05, 3.63) is 29.3 Å². The highest BCUT2D eigenvalue weighted by molar-refractivity contribution is 5.91. The van der Waals surface area contributed by atoms with Gasteiger partial charge in [0.25, 0.3) is 0 Å². The second-order valence-corrected chi connectivity index (χ2v) is 4.73. The van der Waals surface area contributed by atoms with Crippen LogP contribution in [-0.2, 0) is 6.54 Å². The van der Waals surface area contributed by atoms with Crippen LogP contribution in [-0.4, -0.2) is 36.2 Å². The molecule has 0 atom stereocenters. The number of aromatic carboxylic acids is 1. The van der Waals surface area contributed by atoms with E-state index in [1.807, 2.05) is 6.07 Å². The van der Waals surface area contributed by atoms with E-state index in [4.69, 9.17) is 9.84 Å². The van der Waals surface area contributed by atoms with E-state index >= 15 is 0 Å². The minimum Gasteiger partial charge on any atom is -0.496 e. The Bertz CT molecular complexity index is 427. The van der Waals surface area contributed by atoms with E-state index in [9.17, 15) is 4.79 Å². The lowest BCUT2D eigenvalue weighted by Crippen LogP contribution is -2.30. The van der Waals surface area contributed by atoms with Gasteiger partial charge in [0.2, 0.25) is 0 Å². The van der Waals surface area contributed by atoms with Gasteiger partial charge < -0.3 is 9.84 Å². The Balaban J connectivity index is 2.90. The number of carboxylic acid groups (broad SMARTS) is 1. The van der Waals surface area contributed by atoms with E-state index in [-0.39, 0.29) is 5.56 Å². The topological polar surface area (TPSA) is 49.8 Å². The molecule has 1 rings (SSSR count). The van der Waals surface area contributed by atoms with Crippen molar-refractivity contribution in [3.63, 3.8) is 0 Å². The van der Waals surface area contributed by atoms with E-state index < -0.39 is 5.97 Å². The number of benzene rings is 1. The fourth-order valence-corrected chi connectivity index (χ4v) is 2.35. The monoisotopic (exact) mass is 265 g/mol. The van der Waals surface area contributed by atoms with Gasteiger partial charge in [-0.25, -0.2) is 4.79 Å². The molecule has 1 N–H and O–H groups in total. The van der Waals surface area contributed by atoms with E-state index in [0.717, 1.165) is 24.9 Å². The molecule has 0 saturated carbocycles. The Hall–Kier alpha value is -1.55. The molecule has 4 heteroatoms. The van der Waals surface area contributed by atoms with Crippen LogP contribution in [0, 0.1) is 0 Å². The highest BCUT2D eigenvalue weighted by Gasteiger charge is 2.14. The predicted octanol–water partition coefficient (Wildman–Crippen LogP) is 3.01. The number of ether oxygens (including phenoxy) is 1. The second-order valence-electron chi connectivity index (χ2n) is 4.73. The number of nitrogens with zero attached hydrogens (tertiary/aromatic N) is 1. The van der Waals surface area contributed by atoms with Crippen LogP contribution in [0.3, 0.4) is 0 Å². The number of carboxylic acids is 1. The molecule has 0 aromatic heterocycles. The van der Waals surface area contributed by atoms with E-state index in [1.165, 1.54) is 7.11 Å². The first-order chi connectivity index (χ1) is 9.03. The van der Waals surface area contributed by atoms with Crippen LogP contribution in [0.1, 0.15) is 42.6 Å². The van der Waals surface area contributed by atoms with Gasteiger partial charge in [0.05, 0.1) is 7.11 Å². The molecule has 0 heterocycles. The summed E-state index contributed by atoms with van der Waals surface area (Å²) in [6.45, 7) is 5.08. The third kappa shape index (κ3) is 3.96. The number of rotatable bonds is 7. The highest BCUT2D eigenvalue weighted by Crippen LogP contribution is 2.21. The quantitative estimate of drug-likeness (QED) is 0.823. The van der Waals surface area contributed by atoms with Crippen LogP contribution in [0.15, 0.2) is 18.2 Å². The molecule has 0 aliphatic rings. The SMILES string of the molecule is CCC(CC)N(C)Cc1ccc(OC)c(C(=O)O)c1. The van der Waals surface area contributed by atoms with Crippen molar-refractivity contribution in [1.82, 2.24) is 4.90 Å². The first-order valence-electron chi connectivity index (χ1n) is 6.63. The van der Waals surface area contributed by atoms with Gasteiger partial charge >= 0.3 is 5.97 Å². The van der Waals surface area contributed by atoms with Gasteiger partial charge in [-0.15, -0.1) is 0 Å². The second kappa shape index (κ2) is 7.14. The normalized spacial score (nSPS) is 11.1. The van der Waals surface area contributed by atoms with E-state index in [2.05, 4.69) is 25.8 Å². The van der Waals surface area contributed by atoms with Gasteiger partial charge in [-0.2, -0.15) is 0 Å². The van der Waals surface area contributed by atoms with Gasteiger partial charge in [0, 0.05) is 12.6 Å². The third-order valence-corrected chi connectivity index (χ3v) is 3.49. The Morgan fingerprint density at radius 2 is 2.00 bits per heavy atom. The molecule has 19 heavy (non-hydrogen) atoms. The number of methoxy groups -OCH3 is 1. The Kier molecular flexibility index (Phi) is 5.83. The minimum absolute atomic E-state index is 0.220. The molecule has 4 nitrogen and oxygen atoms in total. The van der Waals surface area contributed by atoms with E-state index in [0.29, 0.717) is 11.8 Å². The lowest BCUT2D eigenvalue weighted by atomic mass is 10.1. The summed E-state index contributed by atoms with van der Waals surface area (Å²) in [5, 5.41) is 9.16. The van der Waals surface area contributed by atoms with Crippen molar-refractivity contribution in [2.75, 3.05) is 14.2 Å². The van der Waals surface area contributed by atoms with Crippen molar-refractivity contribution >= 4 is 5.97 Å². The maximum absolute atomic E-state index is 11.2. The summed E-state index contributed by atoms with van der Waals surface area (Å²) in [5.41, 5.74) is 1.21. The zero-order valence-electron chi connectivity index (χ0n) is 12.1. The molecule has 0 aliphatic carbocycles. The largest absolute Gasteiger partial charge is 0.496 e. The Labute approximate surface area is 115 Å². The molecule has 0 unspecified atom stereocenters. The summed E-state index contributed by atoms with van der Waals surface area (Å²) >= 11 is 0. The molecule has 0 spiro atoms. The highest BCUT2D eigenvalue weighted by atomic mass is 16.5. The van der Waals surface area contributed by atoms with Gasteiger partial charge in [0.1, 0.15) is 11.3 Å². The van der Waals surface area contributed by atoms with Crippen LogP contribution in [0.2, 0.25) is 0 Å². The minimum atomic E-state index is -0.955. The molecule has 0 fully saturated rings. The molecule has 1 aromatic rings. The Morgan fingerprint density at radius 1 is 1.37 bits per heavy atom. The lowest BCUT2D eigenvalue weighted by Gasteiger charge is -2.26. The molecule has 0 radical (unpaired) electrons. The van der Waals surface area contributed by atoms with Gasteiger partial charge in [-0.1, -0.05) is 19.9 Å². The van der Waals surface area contributed by atoms with Gasteiger partial charge in [0.15, 0.2) is 0 Å². The molecule has 0 amide bonds. The number of carbonyl (C=O) groups is 1. The van der Waals surface area contributed by atoms with Gasteiger partial charge in [-0.3, -0.25) is 4.90 Å². The lowest BCUT2D eigenvalue weighted by molar-refractivity contribution is 0.0693. The zero-order chi connectivity index (χ0) is 14.4. The average molecular weight is 265 g/mol. The Morgan fingerprint density at radius 3 is 2.47 bits per heavy atom. The first-order valence-corrected chi connectivity index (χ1v) is 6.63. The zero-order valence-corrected chi connectivity index (χ0v) is 12.1. The van der Waals surface area contributed by atoms with E-state index in [1.54, 1.807) is 12.1 Å². The summed E-state index contributed by atoms with van der Waals surface area (Å²) in [4.78, 5) is 13.4. The number of hydrogen-bond donors (Lipinski definition) is 1. The van der Waals surface area contributed by atoms with Crippen LogP contribution in [0.5, 0.6) is 5.75 Å². The predicted molar refractivity (Wildman–Crippen MR) is 75.8 cm³/mol. The van der Waals surface area contributed by atoms with Crippen LogP contribution >= 0.6 is 0 Å². The molecule has 106 valence electrons. The van der Waals surface area contributed by atoms with Crippen molar-refractivity contribution in [2.24, 2.45) is 0 Å². The molecule has 0 saturated heterocycles. The summed E-state index contributed by atoms with van der Waals surface area (Å²) in [6, 6.07) is 5.86. The van der Waals surface area contributed by atoms with Crippen molar-refractivity contribution in [2.45, 2.75) is 39.3 Å². The summed E-state index contributed by atoms with van der Waals surface area (Å²) in [7, 11) is 3.56. The molecule has 1 aromatic carbocycles. The van der Waals surface area contributed by atoms with Crippen LogP contribution in [0.25, 0.3) is 0 Å². The average Bonchev–Trinajstić information content (AvgIpc) is 2.40. The molecular formula is C15H23NO3. The summed E-state index contributed by atoms with van der Waals surface area (Å²) < 4.78 is 5.06. The third-order valence-electron chi connectivity index (χ3n) is 3.49. The fraction of sp³-hybridized carbons (Fsp3) is 0.533. The maximum Gasteiger partial charge on any atom is 0.339 e. The molecule has 0 bridgehead atoms. The number of hydrogen-bond acceptors (Lipinski definition) is 3. The standard InChI is InChI=1S/C15H23NO3/c1-5-12(6-2)16(3)10-11-7-8-14(19-4)13(9-11)15(17)18/h7-9,12H,5-6,10H2,1-4H3,(H,17,18). The van der Waals surface area contributed by atoms with Crippen molar-refractivity contribution < 1.29 is 14.6 Å². The van der Waals surface area contributed by atoms with Gasteiger partial charge in [-0.05, 0) is 37.6 Å². The molecular weight excluding hydrogens is 242 g/mol. The first kappa shape index (κ1) is 15.5. The summed E-state index contributed by atoms with van der Waals surface area (Å²) in [5.74, 6) is -0.551. The van der Waals surface area contributed by atoms with Crippen LogP contribution in [0.4, 0.5) is 0 Å². The van der Waals surface area contributed by atoms with Crippen LogP contribution < -0.4 is 4.74 Å². The molecule has 0 aliphatic heterocycles. The van der Waals surface area contributed by atoms with Crippen molar-refractivity contribution in [1.29, 1.82) is 0 Å². The fourth-order valence-electron chi connectivity index (χ4n) is 2.35. The summed E-state index contributed by atoms with van der Waals surface area (Å²) in [6.07, 6.45) is 2.18. The van der Waals surface area contributed by atoms with Crippen molar-refractivity contribution in [3.8, 4) is 5.75 Å². The maximum atomic E-state index is 11.2. The smallest absolute Gasteiger partial charge is 0.339 e.